The molecule has 0 radical (unpaired) electrons. The number of hydrogen-bond donors (Lipinski definition) is 0. The highest BCUT2D eigenvalue weighted by molar-refractivity contribution is 7.17. The highest BCUT2D eigenvalue weighted by atomic mass is 32.1. The van der Waals surface area contributed by atoms with Crippen molar-refractivity contribution in [3.05, 3.63) is 70.7 Å². The number of amides is 1. The third-order valence-corrected chi connectivity index (χ3v) is 6.40. The molecule has 2 heterocycles. The largest absolute Gasteiger partial charge is 0.371 e. The van der Waals surface area contributed by atoms with Crippen molar-refractivity contribution in [2.24, 2.45) is 0 Å². The summed E-state index contributed by atoms with van der Waals surface area (Å²) in [4.78, 5) is 22.7. The summed E-state index contributed by atoms with van der Waals surface area (Å²) in [5.41, 5.74) is 4.31. The summed E-state index contributed by atoms with van der Waals surface area (Å²) in [5.74, 6) is 0.0356. The maximum Gasteiger partial charge on any atom is 0.265 e. The van der Waals surface area contributed by atoms with Crippen LogP contribution in [0.4, 0.5) is 5.69 Å². The van der Waals surface area contributed by atoms with Gasteiger partial charge in [0.15, 0.2) is 0 Å². The average molecular weight is 392 g/mol. The van der Waals surface area contributed by atoms with E-state index in [2.05, 4.69) is 34.1 Å². The van der Waals surface area contributed by atoms with Gasteiger partial charge in [0, 0.05) is 37.9 Å². The molecule has 0 spiro atoms. The van der Waals surface area contributed by atoms with Crippen LogP contribution in [0, 0.1) is 6.92 Å². The second-order valence-electron chi connectivity index (χ2n) is 7.28. The molecule has 3 aromatic rings. The van der Waals surface area contributed by atoms with Gasteiger partial charge in [-0.25, -0.2) is 4.98 Å². The number of anilines is 1. The fourth-order valence-corrected chi connectivity index (χ4v) is 4.78. The summed E-state index contributed by atoms with van der Waals surface area (Å²) in [5, 5.41) is 0.896. The Morgan fingerprint density at radius 1 is 1.07 bits per heavy atom. The van der Waals surface area contributed by atoms with Crippen LogP contribution in [0.2, 0.25) is 0 Å². The van der Waals surface area contributed by atoms with Crippen LogP contribution in [0.15, 0.2) is 54.6 Å². The maximum absolute atomic E-state index is 13.1. The minimum atomic E-state index is 0.0356. The lowest BCUT2D eigenvalue weighted by Crippen LogP contribution is -2.28. The number of hydrogen-bond acceptors (Lipinski definition) is 4. The molecule has 0 aliphatic carbocycles. The van der Waals surface area contributed by atoms with Crippen molar-refractivity contribution in [3.63, 3.8) is 0 Å². The van der Waals surface area contributed by atoms with Gasteiger partial charge in [0.05, 0.1) is 5.69 Å². The first-order chi connectivity index (χ1) is 13.6. The van der Waals surface area contributed by atoms with E-state index < -0.39 is 0 Å². The van der Waals surface area contributed by atoms with Gasteiger partial charge in [-0.05, 0) is 31.4 Å². The molecule has 4 nitrogen and oxygen atoms in total. The minimum Gasteiger partial charge on any atom is -0.371 e. The first kappa shape index (κ1) is 18.7. The van der Waals surface area contributed by atoms with Crippen LogP contribution in [0.1, 0.15) is 33.8 Å². The van der Waals surface area contributed by atoms with Crippen LogP contribution in [0.5, 0.6) is 0 Å². The van der Waals surface area contributed by atoms with Gasteiger partial charge in [-0.15, -0.1) is 11.3 Å². The number of aromatic nitrogens is 1. The van der Waals surface area contributed by atoms with Crippen molar-refractivity contribution in [1.29, 1.82) is 0 Å². The average Bonchev–Trinajstić information content (AvgIpc) is 3.38. The van der Waals surface area contributed by atoms with Gasteiger partial charge in [0.2, 0.25) is 0 Å². The van der Waals surface area contributed by atoms with E-state index in [0.717, 1.165) is 34.2 Å². The van der Waals surface area contributed by atoms with Gasteiger partial charge in [-0.1, -0.05) is 48.5 Å². The quantitative estimate of drug-likeness (QED) is 0.615. The Labute approximate surface area is 170 Å². The smallest absolute Gasteiger partial charge is 0.265 e. The monoisotopic (exact) mass is 391 g/mol. The molecular weight excluding hydrogens is 366 g/mol. The number of aryl methyl sites for hydroxylation is 1. The Balaban J connectivity index is 1.54. The standard InChI is InChI=1S/C23H25N3OS/c1-17-21(28-22(24-17)18-10-4-3-5-11-18)23(27)25(2)16-19-12-6-7-13-20(19)26-14-8-9-15-26/h3-7,10-13H,8-9,14-16H2,1-2H3. The van der Waals surface area contributed by atoms with E-state index in [-0.39, 0.29) is 5.91 Å². The fourth-order valence-electron chi connectivity index (χ4n) is 3.71. The Kier molecular flexibility index (Phi) is 5.44. The van der Waals surface area contributed by atoms with Crippen molar-refractivity contribution < 1.29 is 4.79 Å². The molecule has 28 heavy (non-hydrogen) atoms. The van der Waals surface area contributed by atoms with Crippen molar-refractivity contribution in [1.82, 2.24) is 9.88 Å². The number of rotatable bonds is 5. The molecule has 0 bridgehead atoms. The second kappa shape index (κ2) is 8.15. The Morgan fingerprint density at radius 3 is 2.50 bits per heavy atom. The Bertz CT molecular complexity index is 961. The van der Waals surface area contributed by atoms with Gasteiger partial charge in [-0.2, -0.15) is 0 Å². The molecule has 5 heteroatoms. The molecule has 1 amide bonds. The van der Waals surface area contributed by atoms with E-state index in [1.807, 2.05) is 49.2 Å². The van der Waals surface area contributed by atoms with Crippen molar-refractivity contribution in [2.45, 2.75) is 26.3 Å². The van der Waals surface area contributed by atoms with E-state index in [1.54, 1.807) is 0 Å². The molecule has 0 saturated carbocycles. The van der Waals surface area contributed by atoms with Crippen molar-refractivity contribution in [3.8, 4) is 10.6 Å². The Hall–Kier alpha value is -2.66. The zero-order valence-electron chi connectivity index (χ0n) is 16.4. The van der Waals surface area contributed by atoms with Crippen LogP contribution in [-0.4, -0.2) is 35.9 Å². The molecule has 144 valence electrons. The lowest BCUT2D eigenvalue weighted by molar-refractivity contribution is 0.0789. The molecule has 1 aliphatic heterocycles. The van der Waals surface area contributed by atoms with Gasteiger partial charge in [0.1, 0.15) is 9.88 Å². The molecular formula is C23H25N3OS. The van der Waals surface area contributed by atoms with Gasteiger partial charge in [0.25, 0.3) is 5.91 Å². The number of carbonyl (C=O) groups is 1. The van der Waals surface area contributed by atoms with Crippen molar-refractivity contribution >= 4 is 22.9 Å². The summed E-state index contributed by atoms with van der Waals surface area (Å²) in [7, 11) is 1.88. The molecule has 1 fully saturated rings. The first-order valence-corrected chi connectivity index (χ1v) is 10.6. The summed E-state index contributed by atoms with van der Waals surface area (Å²) in [6, 6.07) is 18.5. The van der Waals surface area contributed by atoms with Crippen LogP contribution >= 0.6 is 11.3 Å². The number of para-hydroxylation sites is 1. The van der Waals surface area contributed by atoms with E-state index in [0.29, 0.717) is 6.54 Å². The lowest BCUT2D eigenvalue weighted by Gasteiger charge is -2.24. The third kappa shape index (κ3) is 3.80. The van der Waals surface area contributed by atoms with E-state index >= 15 is 0 Å². The van der Waals surface area contributed by atoms with E-state index in [9.17, 15) is 4.79 Å². The van der Waals surface area contributed by atoms with Crippen LogP contribution in [0.25, 0.3) is 10.6 Å². The third-order valence-electron chi connectivity index (χ3n) is 5.20. The van der Waals surface area contributed by atoms with Crippen LogP contribution in [-0.2, 0) is 6.54 Å². The Morgan fingerprint density at radius 2 is 1.75 bits per heavy atom. The maximum atomic E-state index is 13.1. The molecule has 0 N–H and O–H groups in total. The second-order valence-corrected chi connectivity index (χ2v) is 8.28. The number of benzene rings is 2. The molecule has 0 atom stereocenters. The van der Waals surface area contributed by atoms with Gasteiger partial charge in [-0.3, -0.25) is 4.79 Å². The zero-order chi connectivity index (χ0) is 19.5. The molecule has 1 saturated heterocycles. The predicted octanol–water partition coefficient (Wildman–Crippen LogP) is 4.99. The van der Waals surface area contributed by atoms with E-state index in [4.69, 9.17) is 0 Å². The molecule has 2 aromatic carbocycles. The lowest BCUT2D eigenvalue weighted by atomic mass is 10.1. The molecule has 1 aliphatic rings. The number of nitrogens with zero attached hydrogens (tertiary/aromatic N) is 3. The van der Waals surface area contributed by atoms with Crippen molar-refractivity contribution in [2.75, 3.05) is 25.0 Å². The summed E-state index contributed by atoms with van der Waals surface area (Å²) in [6.07, 6.45) is 2.48. The highest BCUT2D eigenvalue weighted by Gasteiger charge is 2.22. The fraction of sp³-hybridized carbons (Fsp3) is 0.304. The summed E-state index contributed by atoms with van der Waals surface area (Å²) >= 11 is 1.48. The normalized spacial score (nSPS) is 13.7. The molecule has 4 rings (SSSR count). The van der Waals surface area contributed by atoms with Gasteiger partial charge >= 0.3 is 0 Å². The molecule has 0 unspecified atom stereocenters. The molecule has 1 aromatic heterocycles. The summed E-state index contributed by atoms with van der Waals surface area (Å²) in [6.45, 7) is 4.72. The van der Waals surface area contributed by atoms with Crippen LogP contribution in [0.3, 0.4) is 0 Å². The number of thiazole rings is 1. The minimum absolute atomic E-state index is 0.0356. The predicted molar refractivity (Wildman–Crippen MR) is 116 cm³/mol. The number of carbonyl (C=O) groups excluding carboxylic acids is 1. The van der Waals surface area contributed by atoms with E-state index in [1.165, 1.54) is 35.4 Å². The van der Waals surface area contributed by atoms with Crippen LogP contribution < -0.4 is 4.90 Å². The topological polar surface area (TPSA) is 36.4 Å². The highest BCUT2D eigenvalue weighted by Crippen LogP contribution is 2.30. The summed E-state index contributed by atoms with van der Waals surface area (Å²) < 4.78 is 0. The first-order valence-electron chi connectivity index (χ1n) is 9.74. The zero-order valence-corrected chi connectivity index (χ0v) is 17.2. The SMILES string of the molecule is Cc1nc(-c2ccccc2)sc1C(=O)N(C)Cc1ccccc1N1CCCC1. The van der Waals surface area contributed by atoms with Gasteiger partial charge < -0.3 is 9.80 Å².